The predicted molar refractivity (Wildman–Crippen MR) is 156 cm³/mol. The number of benzene rings is 3. The molecular weight excluding hydrogens is 642 g/mol. The van der Waals surface area contributed by atoms with Gasteiger partial charge in [-0.25, -0.2) is 39.6 Å². The molecule has 15 heteroatoms. The molecule has 0 atom stereocenters. The van der Waals surface area contributed by atoms with E-state index in [1.807, 2.05) is 13.8 Å². The standard InChI is InChI=1S/C31H32F6N2O6S/c1-4-6-14-44-23-16-21(12-13-22(23)31(41)45-15-7-5-2)39(17-19-8-10-20(32)11-9-19)24(40)18-38(3)46(42,43)30-28(36)26(34)25(33)27(35)29(30)37/h8-13,16H,4-7,14-15,17-18H2,1-3H3. The van der Waals surface area contributed by atoms with Crippen molar-refractivity contribution in [3.05, 3.63) is 88.5 Å². The second-order valence-electron chi connectivity index (χ2n) is 10.1. The van der Waals surface area contributed by atoms with Crippen LogP contribution in [0.15, 0.2) is 47.4 Å². The Morgan fingerprint density at radius 1 is 0.783 bits per heavy atom. The van der Waals surface area contributed by atoms with Crippen molar-refractivity contribution in [3.8, 4) is 5.75 Å². The largest absolute Gasteiger partial charge is 0.493 e. The van der Waals surface area contributed by atoms with E-state index in [4.69, 9.17) is 9.47 Å². The summed E-state index contributed by atoms with van der Waals surface area (Å²) < 4.78 is 121. The molecule has 0 aromatic heterocycles. The third kappa shape index (κ3) is 8.37. The van der Waals surface area contributed by atoms with Crippen molar-refractivity contribution in [1.29, 1.82) is 0 Å². The molecule has 0 spiro atoms. The summed E-state index contributed by atoms with van der Waals surface area (Å²) in [6, 6.07) is 8.96. The molecule has 0 aliphatic carbocycles. The number of amides is 1. The zero-order valence-corrected chi connectivity index (χ0v) is 26.0. The van der Waals surface area contributed by atoms with Crippen molar-refractivity contribution in [1.82, 2.24) is 4.31 Å². The first-order chi connectivity index (χ1) is 21.7. The van der Waals surface area contributed by atoms with Gasteiger partial charge in [0, 0.05) is 18.8 Å². The molecule has 0 saturated carbocycles. The Morgan fingerprint density at radius 2 is 1.35 bits per heavy atom. The summed E-state index contributed by atoms with van der Waals surface area (Å²) in [5.41, 5.74) is 0.501. The van der Waals surface area contributed by atoms with Crippen LogP contribution < -0.4 is 9.64 Å². The molecule has 0 radical (unpaired) electrons. The van der Waals surface area contributed by atoms with E-state index in [1.165, 1.54) is 30.3 Å². The molecule has 8 nitrogen and oxygen atoms in total. The second kappa shape index (κ2) is 15.9. The number of hydrogen-bond acceptors (Lipinski definition) is 6. The number of carbonyl (C=O) groups is 2. The normalized spacial score (nSPS) is 11.5. The summed E-state index contributed by atoms with van der Waals surface area (Å²) >= 11 is 0. The number of esters is 1. The second-order valence-corrected chi connectivity index (χ2v) is 12.1. The van der Waals surface area contributed by atoms with Crippen LogP contribution in [-0.4, -0.2) is 51.4 Å². The van der Waals surface area contributed by atoms with Crippen LogP contribution >= 0.6 is 0 Å². The van der Waals surface area contributed by atoms with E-state index >= 15 is 0 Å². The Balaban J connectivity index is 2.04. The summed E-state index contributed by atoms with van der Waals surface area (Å²) in [6.45, 7) is 2.77. The van der Waals surface area contributed by atoms with Crippen molar-refractivity contribution >= 4 is 27.6 Å². The topological polar surface area (TPSA) is 93.2 Å². The van der Waals surface area contributed by atoms with E-state index in [9.17, 15) is 44.3 Å². The van der Waals surface area contributed by atoms with Gasteiger partial charge in [-0.3, -0.25) is 4.79 Å². The van der Waals surface area contributed by atoms with Crippen molar-refractivity contribution in [3.63, 3.8) is 0 Å². The van der Waals surface area contributed by atoms with Crippen LogP contribution in [0.2, 0.25) is 0 Å². The minimum atomic E-state index is -5.45. The Hall–Kier alpha value is -4.11. The van der Waals surface area contributed by atoms with Gasteiger partial charge in [-0.15, -0.1) is 0 Å². The lowest BCUT2D eigenvalue weighted by molar-refractivity contribution is -0.118. The van der Waals surface area contributed by atoms with Crippen LogP contribution in [0.5, 0.6) is 5.75 Å². The smallest absolute Gasteiger partial charge is 0.341 e. The molecule has 3 rings (SSSR count). The van der Waals surface area contributed by atoms with Gasteiger partial charge in [0.1, 0.15) is 17.1 Å². The Kier molecular flexibility index (Phi) is 12.6. The van der Waals surface area contributed by atoms with Crippen molar-refractivity contribution < 1.29 is 53.8 Å². The molecule has 0 N–H and O–H groups in total. The fourth-order valence-electron chi connectivity index (χ4n) is 4.10. The summed E-state index contributed by atoms with van der Waals surface area (Å²) in [5.74, 6) is -14.9. The molecular formula is C31H32F6N2O6S. The number of rotatable bonds is 15. The highest BCUT2D eigenvalue weighted by Crippen LogP contribution is 2.31. The number of anilines is 1. The summed E-state index contributed by atoms with van der Waals surface area (Å²) in [5, 5.41) is 0. The first kappa shape index (κ1) is 36.4. The minimum Gasteiger partial charge on any atom is -0.493 e. The highest BCUT2D eigenvalue weighted by Gasteiger charge is 2.37. The van der Waals surface area contributed by atoms with Crippen LogP contribution in [-0.2, 0) is 26.1 Å². The average Bonchev–Trinajstić information content (AvgIpc) is 3.02. The van der Waals surface area contributed by atoms with Crippen molar-refractivity contribution in [2.45, 2.75) is 51.0 Å². The Bertz CT molecular complexity index is 1640. The Labute approximate surface area is 262 Å². The van der Waals surface area contributed by atoms with E-state index in [0.717, 1.165) is 36.9 Å². The average molecular weight is 675 g/mol. The van der Waals surface area contributed by atoms with Gasteiger partial charge in [0.15, 0.2) is 28.2 Å². The van der Waals surface area contributed by atoms with Gasteiger partial charge in [-0.1, -0.05) is 38.8 Å². The van der Waals surface area contributed by atoms with Crippen LogP contribution in [0.4, 0.5) is 32.0 Å². The quantitative estimate of drug-likeness (QED) is 0.0600. The molecule has 3 aromatic rings. The van der Waals surface area contributed by atoms with Gasteiger partial charge < -0.3 is 14.4 Å². The van der Waals surface area contributed by atoms with E-state index in [0.29, 0.717) is 18.4 Å². The maximum Gasteiger partial charge on any atom is 0.341 e. The van der Waals surface area contributed by atoms with Crippen LogP contribution in [0.1, 0.15) is 55.5 Å². The Morgan fingerprint density at radius 3 is 1.93 bits per heavy atom. The highest BCUT2D eigenvalue weighted by atomic mass is 32.2. The first-order valence-electron chi connectivity index (χ1n) is 14.2. The molecule has 0 aliphatic heterocycles. The molecule has 0 fully saturated rings. The predicted octanol–water partition coefficient (Wildman–Crippen LogP) is 6.51. The van der Waals surface area contributed by atoms with Crippen LogP contribution in [0, 0.1) is 34.9 Å². The summed E-state index contributed by atoms with van der Waals surface area (Å²) in [6.07, 6.45) is 2.78. The SMILES string of the molecule is CCCCOC(=O)c1ccc(N(Cc2ccc(F)cc2)C(=O)CN(C)S(=O)(=O)c2c(F)c(F)c(F)c(F)c2F)cc1OCCCC. The van der Waals surface area contributed by atoms with Crippen LogP contribution in [0.3, 0.4) is 0 Å². The van der Waals surface area contributed by atoms with E-state index in [1.54, 1.807) is 0 Å². The van der Waals surface area contributed by atoms with Gasteiger partial charge >= 0.3 is 5.97 Å². The lowest BCUT2D eigenvalue weighted by Gasteiger charge is -2.27. The number of nitrogens with zero attached hydrogens (tertiary/aromatic N) is 2. The van der Waals surface area contributed by atoms with Gasteiger partial charge in [-0.05, 0) is 42.7 Å². The number of hydrogen-bond donors (Lipinski definition) is 0. The van der Waals surface area contributed by atoms with E-state index < -0.39 is 68.2 Å². The molecule has 0 aliphatic rings. The zero-order chi connectivity index (χ0) is 34.2. The molecule has 46 heavy (non-hydrogen) atoms. The first-order valence-corrected chi connectivity index (χ1v) is 15.6. The monoisotopic (exact) mass is 674 g/mol. The van der Waals surface area contributed by atoms with Crippen molar-refractivity contribution in [2.24, 2.45) is 0 Å². The van der Waals surface area contributed by atoms with Gasteiger partial charge in [-0.2, -0.15) is 4.31 Å². The fraction of sp³-hybridized carbons (Fsp3) is 0.355. The number of unbranched alkanes of at least 4 members (excludes halogenated alkanes) is 2. The lowest BCUT2D eigenvalue weighted by atomic mass is 10.1. The summed E-state index contributed by atoms with van der Waals surface area (Å²) in [7, 11) is -4.73. The van der Waals surface area contributed by atoms with Gasteiger partial charge in [0.2, 0.25) is 21.7 Å². The maximum atomic E-state index is 14.4. The number of sulfonamides is 1. The third-order valence-corrected chi connectivity index (χ3v) is 8.56. The molecule has 0 heterocycles. The minimum absolute atomic E-state index is 0.0479. The molecule has 0 unspecified atom stereocenters. The number of ether oxygens (including phenoxy) is 2. The molecule has 0 saturated heterocycles. The van der Waals surface area contributed by atoms with Gasteiger partial charge in [0.25, 0.3) is 0 Å². The highest BCUT2D eigenvalue weighted by molar-refractivity contribution is 7.89. The molecule has 250 valence electrons. The fourth-order valence-corrected chi connectivity index (χ4v) is 5.33. The number of likely N-dealkylation sites (N-methyl/N-ethyl adjacent to an activating group) is 1. The van der Waals surface area contributed by atoms with E-state index in [-0.39, 0.29) is 41.1 Å². The summed E-state index contributed by atoms with van der Waals surface area (Å²) in [4.78, 5) is 25.3. The van der Waals surface area contributed by atoms with E-state index in [2.05, 4.69) is 0 Å². The molecule has 1 amide bonds. The van der Waals surface area contributed by atoms with Gasteiger partial charge in [0.05, 0.1) is 26.3 Å². The van der Waals surface area contributed by atoms with Crippen molar-refractivity contribution in [2.75, 3.05) is 31.7 Å². The molecule has 0 bridgehead atoms. The third-order valence-electron chi connectivity index (χ3n) is 6.73. The van der Waals surface area contributed by atoms with Crippen LogP contribution in [0.25, 0.3) is 0 Å². The zero-order valence-electron chi connectivity index (χ0n) is 25.2. The molecule has 3 aromatic carbocycles. The lowest BCUT2D eigenvalue weighted by Crippen LogP contribution is -2.41. The maximum absolute atomic E-state index is 14.4. The number of halogens is 6. The number of carbonyl (C=O) groups excluding carboxylic acids is 2.